The van der Waals surface area contributed by atoms with Crippen LogP contribution in [-0.4, -0.2) is 18.0 Å². The summed E-state index contributed by atoms with van der Waals surface area (Å²) in [6.07, 6.45) is 0. The normalized spacial score (nSPS) is 11.4. The average Bonchev–Trinajstić information content (AvgIpc) is 2.19. The van der Waals surface area contributed by atoms with Crippen LogP contribution in [0.2, 0.25) is 0 Å². The minimum absolute atomic E-state index is 0.0353. The molecule has 17 heavy (non-hydrogen) atoms. The first-order chi connectivity index (χ1) is 7.70. The standard InChI is InChI=1S/C11H13BrF2N2O/c1-11(2,15)5-16-10(17)6-3-8(13)9(14)4-7(6)12/h3-4H,5,15H2,1-2H3,(H,16,17). The van der Waals surface area contributed by atoms with Gasteiger partial charge in [0.25, 0.3) is 5.91 Å². The molecule has 1 amide bonds. The van der Waals surface area contributed by atoms with Crippen LogP contribution in [0.1, 0.15) is 24.2 Å². The zero-order chi connectivity index (χ0) is 13.2. The molecule has 0 aliphatic rings. The summed E-state index contributed by atoms with van der Waals surface area (Å²) in [5, 5.41) is 2.54. The number of nitrogens with two attached hydrogens (primary N) is 1. The van der Waals surface area contributed by atoms with Crippen LogP contribution in [0.5, 0.6) is 0 Å². The van der Waals surface area contributed by atoms with E-state index in [1.54, 1.807) is 13.8 Å². The van der Waals surface area contributed by atoms with Crippen molar-refractivity contribution in [3.05, 3.63) is 33.8 Å². The second-order valence-corrected chi connectivity index (χ2v) is 5.27. The first kappa shape index (κ1) is 14.1. The molecule has 0 radical (unpaired) electrons. The van der Waals surface area contributed by atoms with Gasteiger partial charge in [-0.1, -0.05) is 0 Å². The molecule has 1 rings (SSSR count). The predicted molar refractivity (Wildman–Crippen MR) is 64.7 cm³/mol. The molecular weight excluding hydrogens is 294 g/mol. The van der Waals surface area contributed by atoms with Gasteiger partial charge < -0.3 is 11.1 Å². The van der Waals surface area contributed by atoms with Crippen LogP contribution in [-0.2, 0) is 0 Å². The molecular formula is C11H13BrF2N2O. The van der Waals surface area contributed by atoms with Crippen molar-refractivity contribution in [3.63, 3.8) is 0 Å². The van der Waals surface area contributed by atoms with Gasteiger partial charge >= 0.3 is 0 Å². The second-order valence-electron chi connectivity index (χ2n) is 4.42. The van der Waals surface area contributed by atoms with Gasteiger partial charge in [-0.05, 0) is 41.9 Å². The predicted octanol–water partition coefficient (Wildman–Crippen LogP) is 2.19. The highest BCUT2D eigenvalue weighted by molar-refractivity contribution is 9.10. The lowest BCUT2D eigenvalue weighted by Gasteiger charge is -2.19. The van der Waals surface area contributed by atoms with Gasteiger partial charge in [0, 0.05) is 16.6 Å². The number of hydrogen-bond donors (Lipinski definition) is 2. The monoisotopic (exact) mass is 306 g/mol. The molecule has 1 aromatic carbocycles. The second kappa shape index (κ2) is 5.10. The Kier molecular flexibility index (Phi) is 4.21. The summed E-state index contributed by atoms with van der Waals surface area (Å²) in [4.78, 5) is 11.7. The molecule has 0 spiro atoms. The van der Waals surface area contributed by atoms with Gasteiger partial charge in [0.15, 0.2) is 11.6 Å². The van der Waals surface area contributed by atoms with Gasteiger partial charge in [-0.15, -0.1) is 0 Å². The van der Waals surface area contributed by atoms with E-state index in [1.807, 2.05) is 0 Å². The molecule has 0 aliphatic carbocycles. The zero-order valence-corrected chi connectivity index (χ0v) is 11.1. The molecule has 0 heterocycles. The topological polar surface area (TPSA) is 55.1 Å². The summed E-state index contributed by atoms with van der Waals surface area (Å²) in [5.74, 6) is -2.58. The van der Waals surface area contributed by atoms with Crippen LogP contribution in [0.25, 0.3) is 0 Å². The van der Waals surface area contributed by atoms with Crippen LogP contribution < -0.4 is 11.1 Å². The van der Waals surface area contributed by atoms with E-state index in [4.69, 9.17) is 5.73 Å². The molecule has 0 unspecified atom stereocenters. The minimum Gasteiger partial charge on any atom is -0.350 e. The molecule has 1 aromatic rings. The lowest BCUT2D eigenvalue weighted by molar-refractivity contribution is 0.0944. The fourth-order valence-corrected chi connectivity index (χ4v) is 1.60. The molecule has 6 heteroatoms. The lowest BCUT2D eigenvalue weighted by Crippen LogP contribution is -2.45. The van der Waals surface area contributed by atoms with Crippen molar-refractivity contribution in [3.8, 4) is 0 Å². The Morgan fingerprint density at radius 2 is 1.94 bits per heavy atom. The summed E-state index contributed by atoms with van der Waals surface area (Å²) in [5.41, 5.74) is 5.16. The van der Waals surface area contributed by atoms with E-state index in [9.17, 15) is 13.6 Å². The van der Waals surface area contributed by atoms with Gasteiger partial charge in [0.1, 0.15) is 0 Å². The molecule has 0 atom stereocenters. The molecule has 0 fully saturated rings. The maximum absolute atomic E-state index is 13.0. The SMILES string of the molecule is CC(C)(N)CNC(=O)c1cc(F)c(F)cc1Br. The number of hydrogen-bond acceptors (Lipinski definition) is 2. The summed E-state index contributed by atoms with van der Waals surface area (Å²) >= 11 is 3.00. The van der Waals surface area contributed by atoms with Crippen LogP contribution in [0.4, 0.5) is 8.78 Å². The summed E-state index contributed by atoms with van der Waals surface area (Å²) in [7, 11) is 0. The van der Waals surface area contributed by atoms with Gasteiger partial charge in [-0.3, -0.25) is 4.79 Å². The molecule has 94 valence electrons. The van der Waals surface area contributed by atoms with E-state index < -0.39 is 23.1 Å². The van der Waals surface area contributed by atoms with E-state index in [-0.39, 0.29) is 16.6 Å². The van der Waals surface area contributed by atoms with E-state index in [1.165, 1.54) is 0 Å². The van der Waals surface area contributed by atoms with Crippen LogP contribution >= 0.6 is 15.9 Å². The van der Waals surface area contributed by atoms with E-state index >= 15 is 0 Å². The van der Waals surface area contributed by atoms with Crippen molar-refractivity contribution < 1.29 is 13.6 Å². The van der Waals surface area contributed by atoms with Gasteiger partial charge in [-0.2, -0.15) is 0 Å². The Bertz CT molecular complexity index is 444. The van der Waals surface area contributed by atoms with E-state index in [0.29, 0.717) is 0 Å². The number of halogens is 3. The van der Waals surface area contributed by atoms with Crippen molar-refractivity contribution in [2.45, 2.75) is 19.4 Å². The van der Waals surface area contributed by atoms with Crippen LogP contribution in [0, 0.1) is 11.6 Å². The van der Waals surface area contributed by atoms with Crippen molar-refractivity contribution >= 4 is 21.8 Å². The van der Waals surface area contributed by atoms with Crippen LogP contribution in [0.3, 0.4) is 0 Å². The van der Waals surface area contributed by atoms with Crippen molar-refractivity contribution in [1.82, 2.24) is 5.32 Å². The Morgan fingerprint density at radius 1 is 1.41 bits per heavy atom. The van der Waals surface area contributed by atoms with Crippen LogP contribution in [0.15, 0.2) is 16.6 Å². The molecule has 0 aromatic heterocycles. The Balaban J connectivity index is 2.86. The first-order valence-electron chi connectivity index (χ1n) is 4.92. The summed E-state index contributed by atoms with van der Waals surface area (Å²) in [6, 6.07) is 1.76. The quantitative estimate of drug-likeness (QED) is 0.841. The van der Waals surface area contributed by atoms with Crippen molar-refractivity contribution in [2.75, 3.05) is 6.54 Å². The van der Waals surface area contributed by atoms with Gasteiger partial charge in [0.2, 0.25) is 0 Å². The summed E-state index contributed by atoms with van der Waals surface area (Å²) in [6.45, 7) is 3.72. The number of benzene rings is 1. The number of carbonyl (C=O) groups excluding carboxylic acids is 1. The molecule has 0 aliphatic heterocycles. The van der Waals surface area contributed by atoms with Gasteiger partial charge in [0.05, 0.1) is 5.56 Å². The summed E-state index contributed by atoms with van der Waals surface area (Å²) < 4.78 is 26.0. The first-order valence-corrected chi connectivity index (χ1v) is 5.71. The highest BCUT2D eigenvalue weighted by Crippen LogP contribution is 2.20. The average molecular weight is 307 g/mol. The maximum Gasteiger partial charge on any atom is 0.252 e. The smallest absolute Gasteiger partial charge is 0.252 e. The largest absolute Gasteiger partial charge is 0.350 e. The Morgan fingerprint density at radius 3 is 2.47 bits per heavy atom. The lowest BCUT2D eigenvalue weighted by atomic mass is 10.1. The number of nitrogens with one attached hydrogen (secondary N) is 1. The molecule has 3 nitrogen and oxygen atoms in total. The fourth-order valence-electron chi connectivity index (χ4n) is 1.10. The third-order valence-corrected chi connectivity index (χ3v) is 2.62. The Hall–Kier alpha value is -1.01. The molecule has 3 N–H and O–H groups in total. The number of rotatable bonds is 3. The molecule has 0 saturated carbocycles. The third kappa shape index (κ3) is 4.05. The highest BCUT2D eigenvalue weighted by atomic mass is 79.9. The Labute approximate surface area is 107 Å². The maximum atomic E-state index is 13.0. The van der Waals surface area contributed by atoms with Crippen molar-refractivity contribution in [1.29, 1.82) is 0 Å². The van der Waals surface area contributed by atoms with E-state index in [2.05, 4.69) is 21.2 Å². The zero-order valence-electron chi connectivity index (χ0n) is 9.48. The number of amides is 1. The van der Waals surface area contributed by atoms with E-state index in [0.717, 1.165) is 12.1 Å². The minimum atomic E-state index is -1.06. The molecule has 0 saturated heterocycles. The highest BCUT2D eigenvalue weighted by Gasteiger charge is 2.17. The van der Waals surface area contributed by atoms with Gasteiger partial charge in [-0.25, -0.2) is 8.78 Å². The molecule has 0 bridgehead atoms. The fraction of sp³-hybridized carbons (Fsp3) is 0.364. The van der Waals surface area contributed by atoms with Crippen molar-refractivity contribution in [2.24, 2.45) is 5.73 Å². The number of carbonyl (C=O) groups is 1. The third-order valence-electron chi connectivity index (χ3n) is 1.96.